The Kier molecular flexibility index (Phi) is 3.78. The van der Waals surface area contributed by atoms with E-state index in [0.29, 0.717) is 6.42 Å². The number of fused-ring (bicyclic) bond motifs is 1. The second-order valence-electron chi connectivity index (χ2n) is 5.52. The molecule has 0 saturated heterocycles. The van der Waals surface area contributed by atoms with E-state index in [0.717, 1.165) is 39.5 Å². The minimum absolute atomic E-state index is 0.0871. The molecule has 3 rings (SSSR count). The van der Waals surface area contributed by atoms with Gasteiger partial charge in [0.25, 0.3) is 0 Å². The Morgan fingerprint density at radius 3 is 2.55 bits per heavy atom. The quantitative estimate of drug-likeness (QED) is 0.773. The van der Waals surface area contributed by atoms with Crippen molar-refractivity contribution >= 4 is 50.9 Å². The lowest BCUT2D eigenvalue weighted by Gasteiger charge is -2.13. The van der Waals surface area contributed by atoms with Crippen LogP contribution in [0.4, 0.5) is 5.69 Å². The van der Waals surface area contributed by atoms with E-state index in [4.69, 9.17) is 0 Å². The largest absolute Gasteiger partial charge is 0.325 e. The molecule has 1 fully saturated rings. The molecular weight excluding hydrogens is 334 g/mol. The summed E-state index contributed by atoms with van der Waals surface area (Å²) in [7, 11) is 0. The number of halogens is 1. The predicted molar refractivity (Wildman–Crippen MR) is 90.4 cm³/mol. The summed E-state index contributed by atoms with van der Waals surface area (Å²) in [4.78, 5) is 12.2. The molecule has 0 heterocycles. The Morgan fingerprint density at radius 1 is 1.20 bits per heavy atom. The van der Waals surface area contributed by atoms with Gasteiger partial charge in [0.2, 0.25) is 5.91 Å². The van der Waals surface area contributed by atoms with Crippen molar-refractivity contribution in [3.8, 4) is 0 Å². The normalized spacial score (nSPS) is 16.1. The highest BCUT2D eigenvalue weighted by Gasteiger charge is 2.42. The van der Waals surface area contributed by atoms with Crippen LogP contribution in [0, 0.1) is 5.41 Å². The van der Waals surface area contributed by atoms with Crippen LogP contribution in [0.3, 0.4) is 0 Å². The summed E-state index contributed by atoms with van der Waals surface area (Å²) in [5.41, 5.74) is 1.03. The van der Waals surface area contributed by atoms with Crippen LogP contribution in [0.5, 0.6) is 0 Å². The minimum atomic E-state index is 0.0871. The number of carbonyl (C=O) groups excluding carboxylic acids is 1. The van der Waals surface area contributed by atoms with Gasteiger partial charge in [-0.1, -0.05) is 40.2 Å². The molecule has 4 heteroatoms. The third-order valence-corrected chi connectivity index (χ3v) is 5.34. The number of rotatable bonds is 4. The van der Waals surface area contributed by atoms with E-state index in [9.17, 15) is 4.79 Å². The summed E-state index contributed by atoms with van der Waals surface area (Å²) in [5, 5.41) is 5.22. The molecule has 1 N–H and O–H groups in total. The summed E-state index contributed by atoms with van der Waals surface area (Å²) in [6.45, 7) is 0. The van der Waals surface area contributed by atoms with E-state index in [2.05, 4.69) is 33.9 Å². The first-order valence-corrected chi connectivity index (χ1v) is 8.14. The topological polar surface area (TPSA) is 29.1 Å². The zero-order valence-corrected chi connectivity index (χ0v) is 13.5. The monoisotopic (exact) mass is 349 g/mol. The van der Waals surface area contributed by atoms with E-state index in [-0.39, 0.29) is 11.3 Å². The number of carbonyl (C=O) groups is 1. The molecule has 0 unspecified atom stereocenters. The van der Waals surface area contributed by atoms with Crippen molar-refractivity contribution < 1.29 is 4.79 Å². The van der Waals surface area contributed by atoms with Crippen molar-refractivity contribution in [3.63, 3.8) is 0 Å². The van der Waals surface area contributed by atoms with E-state index in [1.807, 2.05) is 36.4 Å². The molecule has 1 aliphatic carbocycles. The van der Waals surface area contributed by atoms with E-state index < -0.39 is 0 Å². The standard InChI is InChI=1S/C16H16BrNOS/c17-13-5-6-14(12-4-2-1-3-11(12)13)18-15(19)9-16(10-20)7-8-16/h1-6,20H,7-10H2,(H,18,19). The Balaban J connectivity index is 1.84. The van der Waals surface area contributed by atoms with Crippen LogP contribution in [0.1, 0.15) is 19.3 Å². The summed E-state index contributed by atoms with van der Waals surface area (Å²) in [6.07, 6.45) is 2.80. The maximum absolute atomic E-state index is 12.2. The SMILES string of the molecule is O=C(CC1(CS)CC1)Nc1ccc(Br)c2ccccc12. The van der Waals surface area contributed by atoms with Gasteiger partial charge in [-0.15, -0.1) is 0 Å². The molecule has 0 bridgehead atoms. The van der Waals surface area contributed by atoms with Crippen LogP contribution >= 0.6 is 28.6 Å². The summed E-state index contributed by atoms with van der Waals surface area (Å²) in [6, 6.07) is 12.0. The van der Waals surface area contributed by atoms with Crippen molar-refractivity contribution in [2.75, 3.05) is 11.1 Å². The van der Waals surface area contributed by atoms with Gasteiger partial charge in [-0.2, -0.15) is 12.6 Å². The van der Waals surface area contributed by atoms with Crippen molar-refractivity contribution in [3.05, 3.63) is 40.9 Å². The van der Waals surface area contributed by atoms with Crippen molar-refractivity contribution in [1.82, 2.24) is 0 Å². The number of hydrogen-bond acceptors (Lipinski definition) is 2. The van der Waals surface area contributed by atoms with Gasteiger partial charge >= 0.3 is 0 Å². The Hall–Kier alpha value is -1.00. The zero-order valence-electron chi connectivity index (χ0n) is 11.0. The van der Waals surface area contributed by atoms with E-state index >= 15 is 0 Å². The molecule has 20 heavy (non-hydrogen) atoms. The van der Waals surface area contributed by atoms with Crippen LogP contribution in [0.15, 0.2) is 40.9 Å². The molecule has 1 aliphatic rings. The lowest BCUT2D eigenvalue weighted by Crippen LogP contribution is -2.18. The Labute approximate surface area is 132 Å². The number of hydrogen-bond donors (Lipinski definition) is 2. The number of nitrogens with one attached hydrogen (secondary N) is 1. The number of benzene rings is 2. The fourth-order valence-corrected chi connectivity index (χ4v) is 3.38. The summed E-state index contributed by atoms with van der Waals surface area (Å²) >= 11 is 7.90. The van der Waals surface area contributed by atoms with Crippen molar-refractivity contribution in [2.45, 2.75) is 19.3 Å². The van der Waals surface area contributed by atoms with Gasteiger partial charge in [-0.05, 0) is 41.5 Å². The number of anilines is 1. The van der Waals surface area contributed by atoms with E-state index in [1.165, 1.54) is 0 Å². The van der Waals surface area contributed by atoms with Crippen molar-refractivity contribution in [1.29, 1.82) is 0 Å². The first-order chi connectivity index (χ1) is 9.63. The van der Waals surface area contributed by atoms with Crippen LogP contribution in [0.25, 0.3) is 10.8 Å². The average molecular weight is 350 g/mol. The molecule has 104 valence electrons. The molecule has 1 saturated carbocycles. The zero-order chi connectivity index (χ0) is 14.2. The highest BCUT2D eigenvalue weighted by atomic mass is 79.9. The van der Waals surface area contributed by atoms with Gasteiger partial charge in [0.1, 0.15) is 0 Å². The van der Waals surface area contributed by atoms with Gasteiger partial charge in [-0.25, -0.2) is 0 Å². The van der Waals surface area contributed by atoms with E-state index in [1.54, 1.807) is 0 Å². The maximum Gasteiger partial charge on any atom is 0.224 e. The Bertz CT molecular complexity index is 667. The molecule has 2 aromatic rings. The fraction of sp³-hybridized carbons (Fsp3) is 0.312. The molecule has 0 atom stereocenters. The first-order valence-electron chi connectivity index (χ1n) is 6.72. The molecule has 2 aromatic carbocycles. The molecule has 2 nitrogen and oxygen atoms in total. The first kappa shape index (κ1) is 14.0. The smallest absolute Gasteiger partial charge is 0.224 e. The van der Waals surface area contributed by atoms with Crippen LogP contribution in [0.2, 0.25) is 0 Å². The molecular formula is C16H16BrNOS. The number of amides is 1. The summed E-state index contributed by atoms with van der Waals surface area (Å²) in [5.74, 6) is 0.880. The number of thiol groups is 1. The van der Waals surface area contributed by atoms with Gasteiger partial charge in [0.15, 0.2) is 0 Å². The van der Waals surface area contributed by atoms with Gasteiger partial charge in [0, 0.05) is 22.0 Å². The molecule has 0 aromatic heterocycles. The van der Waals surface area contributed by atoms with Crippen LogP contribution in [-0.4, -0.2) is 11.7 Å². The predicted octanol–water partition coefficient (Wildman–Crippen LogP) is 4.64. The average Bonchev–Trinajstić information content (AvgIpc) is 3.22. The second-order valence-corrected chi connectivity index (χ2v) is 6.69. The molecule has 1 amide bonds. The molecule has 0 aliphatic heterocycles. The van der Waals surface area contributed by atoms with Gasteiger partial charge < -0.3 is 5.32 Å². The fourth-order valence-electron chi connectivity index (χ4n) is 2.47. The molecule has 0 radical (unpaired) electrons. The lowest BCUT2D eigenvalue weighted by molar-refractivity contribution is -0.117. The lowest BCUT2D eigenvalue weighted by atomic mass is 10.0. The van der Waals surface area contributed by atoms with Crippen molar-refractivity contribution in [2.24, 2.45) is 5.41 Å². The third-order valence-electron chi connectivity index (χ3n) is 3.97. The third kappa shape index (κ3) is 2.72. The van der Waals surface area contributed by atoms with Crippen LogP contribution in [-0.2, 0) is 4.79 Å². The highest BCUT2D eigenvalue weighted by molar-refractivity contribution is 9.10. The summed E-state index contributed by atoms with van der Waals surface area (Å²) < 4.78 is 1.04. The maximum atomic E-state index is 12.2. The molecule has 0 spiro atoms. The Morgan fingerprint density at radius 2 is 1.90 bits per heavy atom. The second kappa shape index (κ2) is 5.41. The van der Waals surface area contributed by atoms with Gasteiger partial charge in [-0.3, -0.25) is 4.79 Å². The van der Waals surface area contributed by atoms with Crippen LogP contribution < -0.4 is 5.32 Å². The minimum Gasteiger partial charge on any atom is -0.325 e. The van der Waals surface area contributed by atoms with Gasteiger partial charge in [0.05, 0.1) is 0 Å². The highest BCUT2D eigenvalue weighted by Crippen LogP contribution is 2.49.